The summed E-state index contributed by atoms with van der Waals surface area (Å²) in [6, 6.07) is 15.3. The highest BCUT2D eigenvalue weighted by molar-refractivity contribution is 7.90. The molecule has 2 aromatic carbocycles. The van der Waals surface area contributed by atoms with E-state index in [1.807, 2.05) is 36.4 Å². The van der Waals surface area contributed by atoms with Crippen LogP contribution in [0.25, 0.3) is 11.3 Å². The summed E-state index contributed by atoms with van der Waals surface area (Å²) in [6.45, 7) is 0. The Morgan fingerprint density at radius 1 is 0.867 bits per heavy atom. The van der Waals surface area contributed by atoms with Crippen LogP contribution in [-0.2, 0) is 22.9 Å². The Hall–Kier alpha value is -3.06. The predicted octanol–water partition coefficient (Wildman–Crippen LogP) is 3.65. The number of fused-ring (bicyclic) bond motifs is 1. The van der Waals surface area contributed by atoms with Gasteiger partial charge in [0.1, 0.15) is 0 Å². The molecule has 4 rings (SSSR count). The standard InChI is InChI=1S/C23H23NO5S/c1-28-21-13-12-18(15-22(21)29-2)30(26,27)24-20(16-8-4-3-5-9-16)14-17-10-6-7-11-19(17)23(24)25/h3-5,8-9,12-15H,6-7,10-11H2,1-2H3. The summed E-state index contributed by atoms with van der Waals surface area (Å²) in [6.07, 6.45) is 3.24. The fraction of sp³-hybridized carbons (Fsp3) is 0.261. The van der Waals surface area contributed by atoms with E-state index in [1.165, 1.54) is 32.4 Å². The Bertz CT molecular complexity index is 1250. The number of hydrogen-bond acceptors (Lipinski definition) is 5. The van der Waals surface area contributed by atoms with Crippen molar-refractivity contribution in [2.24, 2.45) is 0 Å². The molecule has 1 aliphatic carbocycles. The van der Waals surface area contributed by atoms with Gasteiger partial charge in [0.2, 0.25) is 0 Å². The molecule has 3 aromatic rings. The average molecular weight is 426 g/mol. The van der Waals surface area contributed by atoms with Gasteiger partial charge in [0.05, 0.1) is 24.8 Å². The summed E-state index contributed by atoms with van der Waals surface area (Å²) >= 11 is 0. The van der Waals surface area contributed by atoms with Crippen LogP contribution in [0.1, 0.15) is 24.0 Å². The first kappa shape index (κ1) is 20.2. The van der Waals surface area contributed by atoms with E-state index in [1.54, 1.807) is 0 Å². The van der Waals surface area contributed by atoms with Gasteiger partial charge in [-0.2, -0.15) is 3.97 Å². The molecule has 156 valence electrons. The minimum absolute atomic E-state index is 0.0322. The van der Waals surface area contributed by atoms with E-state index in [0.717, 1.165) is 28.8 Å². The minimum atomic E-state index is -4.17. The van der Waals surface area contributed by atoms with Crippen molar-refractivity contribution in [1.82, 2.24) is 3.97 Å². The maximum atomic E-state index is 13.7. The first-order chi connectivity index (χ1) is 14.5. The van der Waals surface area contributed by atoms with Gasteiger partial charge in [-0.3, -0.25) is 4.79 Å². The zero-order valence-corrected chi connectivity index (χ0v) is 17.7. The second-order valence-electron chi connectivity index (χ2n) is 7.20. The Morgan fingerprint density at radius 3 is 2.27 bits per heavy atom. The Balaban J connectivity index is 2.01. The summed E-state index contributed by atoms with van der Waals surface area (Å²) < 4.78 is 38.8. The SMILES string of the molecule is COc1ccc(S(=O)(=O)n2c(-c3ccccc3)cc3c(c2=O)CCCC3)cc1OC. The van der Waals surface area contributed by atoms with Crippen molar-refractivity contribution in [3.63, 3.8) is 0 Å². The van der Waals surface area contributed by atoms with Gasteiger partial charge in [-0.25, -0.2) is 8.42 Å². The monoisotopic (exact) mass is 425 g/mol. The molecule has 0 unspecified atom stereocenters. The zero-order valence-electron chi connectivity index (χ0n) is 16.9. The molecular formula is C23H23NO5S. The summed E-state index contributed by atoms with van der Waals surface area (Å²) in [5.74, 6) is 0.698. The maximum Gasteiger partial charge on any atom is 0.271 e. The predicted molar refractivity (Wildman–Crippen MR) is 115 cm³/mol. The number of aryl methyl sites for hydroxylation is 1. The molecule has 0 saturated heterocycles. The number of aromatic nitrogens is 1. The van der Waals surface area contributed by atoms with Crippen molar-refractivity contribution in [3.05, 3.63) is 76.1 Å². The van der Waals surface area contributed by atoms with Crippen LogP contribution in [0, 0.1) is 0 Å². The summed E-state index contributed by atoms with van der Waals surface area (Å²) in [7, 11) is -1.25. The van der Waals surface area contributed by atoms with E-state index in [9.17, 15) is 13.2 Å². The van der Waals surface area contributed by atoms with Gasteiger partial charge in [0, 0.05) is 11.6 Å². The lowest BCUT2D eigenvalue weighted by Gasteiger charge is -2.21. The first-order valence-corrected chi connectivity index (χ1v) is 11.2. The second kappa shape index (κ2) is 7.99. The molecule has 0 aliphatic heterocycles. The molecule has 1 aromatic heterocycles. The third-order valence-electron chi connectivity index (χ3n) is 5.45. The fourth-order valence-electron chi connectivity index (χ4n) is 3.92. The lowest BCUT2D eigenvalue weighted by atomic mass is 9.92. The summed E-state index contributed by atoms with van der Waals surface area (Å²) in [4.78, 5) is 13.4. The molecule has 6 nitrogen and oxygen atoms in total. The van der Waals surface area contributed by atoms with Gasteiger partial charge < -0.3 is 9.47 Å². The maximum absolute atomic E-state index is 13.7. The molecular weight excluding hydrogens is 402 g/mol. The number of methoxy groups -OCH3 is 2. The van der Waals surface area contributed by atoms with Crippen LogP contribution in [0.3, 0.4) is 0 Å². The molecule has 0 N–H and O–H groups in total. The molecule has 30 heavy (non-hydrogen) atoms. The van der Waals surface area contributed by atoms with Gasteiger partial charge in [-0.15, -0.1) is 0 Å². The quantitative estimate of drug-likeness (QED) is 0.624. The highest BCUT2D eigenvalue weighted by Gasteiger charge is 2.28. The fourth-order valence-corrected chi connectivity index (χ4v) is 5.37. The number of hydrogen-bond donors (Lipinski definition) is 0. The molecule has 1 aliphatic rings. The zero-order chi connectivity index (χ0) is 21.3. The molecule has 0 bridgehead atoms. The minimum Gasteiger partial charge on any atom is -0.493 e. The Morgan fingerprint density at radius 2 is 1.57 bits per heavy atom. The van der Waals surface area contributed by atoms with Gasteiger partial charge >= 0.3 is 0 Å². The summed E-state index contributed by atoms with van der Waals surface area (Å²) in [5, 5.41) is 0. The van der Waals surface area contributed by atoms with Crippen molar-refractivity contribution >= 4 is 10.0 Å². The first-order valence-electron chi connectivity index (χ1n) is 9.78. The molecule has 0 saturated carbocycles. The Kier molecular flexibility index (Phi) is 5.39. The number of ether oxygens (including phenoxy) is 2. The molecule has 7 heteroatoms. The van der Waals surface area contributed by atoms with Crippen LogP contribution in [0.15, 0.2) is 64.3 Å². The van der Waals surface area contributed by atoms with E-state index in [4.69, 9.17) is 9.47 Å². The van der Waals surface area contributed by atoms with Crippen LogP contribution in [0.2, 0.25) is 0 Å². The van der Waals surface area contributed by atoms with Crippen molar-refractivity contribution in [1.29, 1.82) is 0 Å². The van der Waals surface area contributed by atoms with Gasteiger partial charge in [-0.05, 0) is 55.0 Å². The van der Waals surface area contributed by atoms with Crippen molar-refractivity contribution in [2.45, 2.75) is 30.6 Å². The van der Waals surface area contributed by atoms with Crippen molar-refractivity contribution < 1.29 is 17.9 Å². The number of benzene rings is 2. The highest BCUT2D eigenvalue weighted by Crippen LogP contribution is 2.32. The van der Waals surface area contributed by atoms with E-state index in [0.29, 0.717) is 29.0 Å². The van der Waals surface area contributed by atoms with E-state index in [2.05, 4.69) is 0 Å². The van der Waals surface area contributed by atoms with E-state index >= 15 is 0 Å². The number of pyridine rings is 1. The molecule has 0 amide bonds. The topological polar surface area (TPSA) is 74.6 Å². The largest absolute Gasteiger partial charge is 0.493 e. The van der Waals surface area contributed by atoms with Gasteiger partial charge in [-0.1, -0.05) is 30.3 Å². The third-order valence-corrected chi connectivity index (χ3v) is 7.14. The second-order valence-corrected chi connectivity index (χ2v) is 8.98. The number of nitrogens with zero attached hydrogens (tertiary/aromatic N) is 1. The van der Waals surface area contributed by atoms with Crippen LogP contribution < -0.4 is 15.0 Å². The van der Waals surface area contributed by atoms with Crippen LogP contribution >= 0.6 is 0 Å². The molecule has 1 heterocycles. The third kappa shape index (κ3) is 3.39. The molecule has 0 fully saturated rings. The van der Waals surface area contributed by atoms with Gasteiger partial charge in [0.25, 0.3) is 15.6 Å². The van der Waals surface area contributed by atoms with Crippen LogP contribution in [0.4, 0.5) is 0 Å². The van der Waals surface area contributed by atoms with Crippen LogP contribution in [-0.4, -0.2) is 26.6 Å². The van der Waals surface area contributed by atoms with E-state index in [-0.39, 0.29) is 10.6 Å². The lowest BCUT2D eigenvalue weighted by molar-refractivity contribution is 0.354. The smallest absolute Gasteiger partial charge is 0.271 e. The Labute approximate surface area is 175 Å². The van der Waals surface area contributed by atoms with Crippen LogP contribution in [0.5, 0.6) is 11.5 Å². The van der Waals surface area contributed by atoms with Crippen molar-refractivity contribution in [2.75, 3.05) is 14.2 Å². The molecule has 0 spiro atoms. The van der Waals surface area contributed by atoms with Crippen molar-refractivity contribution in [3.8, 4) is 22.8 Å². The highest BCUT2D eigenvalue weighted by atomic mass is 32.2. The number of rotatable bonds is 5. The van der Waals surface area contributed by atoms with E-state index < -0.39 is 15.6 Å². The molecule has 0 atom stereocenters. The van der Waals surface area contributed by atoms with Gasteiger partial charge in [0.15, 0.2) is 11.5 Å². The normalized spacial score (nSPS) is 13.5. The lowest BCUT2D eigenvalue weighted by Crippen LogP contribution is -2.33. The summed E-state index contributed by atoms with van der Waals surface area (Å²) in [5.41, 5.74) is 2.10. The average Bonchev–Trinajstić information content (AvgIpc) is 2.78. The molecule has 0 radical (unpaired) electrons.